The molecule has 0 fully saturated rings. The number of anilines is 1. The van der Waals surface area contributed by atoms with Gasteiger partial charge in [0.05, 0.1) is 6.20 Å². The largest absolute Gasteiger partial charge is 0.369 e. The number of hydrogen-bond donors (Lipinski definition) is 0. The van der Waals surface area contributed by atoms with Gasteiger partial charge in [0.15, 0.2) is 5.49 Å². The van der Waals surface area contributed by atoms with Crippen LogP contribution in [0.3, 0.4) is 0 Å². The molecule has 2 heterocycles. The van der Waals surface area contributed by atoms with Gasteiger partial charge in [-0.05, 0) is 0 Å². The molecule has 0 aliphatic carbocycles. The van der Waals surface area contributed by atoms with Crippen molar-refractivity contribution in [1.82, 2.24) is 9.97 Å². The van der Waals surface area contributed by atoms with Crippen LogP contribution in [0, 0.1) is 0 Å². The molecule has 1 aliphatic heterocycles. The van der Waals surface area contributed by atoms with Crippen molar-refractivity contribution in [3.05, 3.63) is 17.0 Å². The summed E-state index contributed by atoms with van der Waals surface area (Å²) in [6, 6.07) is -0.514. The van der Waals surface area contributed by atoms with Gasteiger partial charge in [-0.25, -0.2) is 9.78 Å². The van der Waals surface area contributed by atoms with Crippen molar-refractivity contribution in [1.29, 1.82) is 0 Å². The Hall–Kier alpha value is -1.85. The molecule has 0 N–H and O–H groups in total. The summed E-state index contributed by atoms with van der Waals surface area (Å²) < 4.78 is 0. The van der Waals surface area contributed by atoms with Gasteiger partial charge < -0.3 is 4.90 Å². The number of carbonyl (C=O) groups excluding carboxylic acids is 1. The average Bonchev–Trinajstić information content (AvgIpc) is 2.42. The molecule has 6 nitrogen and oxygen atoms in total. The van der Waals surface area contributed by atoms with Crippen molar-refractivity contribution < 1.29 is 4.79 Å². The Morgan fingerprint density at radius 3 is 2.77 bits per heavy atom. The Balaban J connectivity index is 2.66. The number of nitrogens with zero attached hydrogens (tertiary/aromatic N) is 5. The quantitative estimate of drug-likeness (QED) is 0.546. The van der Waals surface area contributed by atoms with Crippen LogP contribution < -0.4 is 15.7 Å². The van der Waals surface area contributed by atoms with E-state index in [1.807, 2.05) is 14.1 Å². The summed E-state index contributed by atoms with van der Waals surface area (Å²) in [6.45, 7) is 0. The molecule has 0 saturated heterocycles. The summed E-state index contributed by atoms with van der Waals surface area (Å²) in [4.78, 5) is 27.7. The monoisotopic (exact) mass is 177 g/mol. The molecule has 2 rings (SSSR count). The lowest BCUT2D eigenvalue weighted by Gasteiger charge is -2.07. The molecule has 0 saturated carbocycles. The number of fused-ring (bicyclic) bond motifs is 1. The van der Waals surface area contributed by atoms with Crippen molar-refractivity contribution in [3.8, 4) is 0 Å². The Labute approximate surface area is 73.7 Å². The highest BCUT2D eigenvalue weighted by Gasteiger charge is 2.07. The molecule has 0 unspecified atom stereocenters. The van der Waals surface area contributed by atoms with E-state index in [-0.39, 0.29) is 0 Å². The van der Waals surface area contributed by atoms with Crippen molar-refractivity contribution >= 4 is 12.0 Å². The van der Waals surface area contributed by atoms with Crippen molar-refractivity contribution in [2.45, 2.75) is 0 Å². The normalized spacial score (nSPS) is 13.2. The predicted octanol–water partition coefficient (Wildman–Crippen LogP) is -1.08. The summed E-state index contributed by atoms with van der Waals surface area (Å²) in [5.74, 6) is 0.521. The molecule has 0 bridgehead atoms. The van der Waals surface area contributed by atoms with Crippen LogP contribution in [0.25, 0.3) is 0 Å². The van der Waals surface area contributed by atoms with E-state index in [2.05, 4.69) is 20.0 Å². The Morgan fingerprint density at radius 2 is 2.08 bits per heavy atom. The molecule has 1 aliphatic rings. The molecule has 0 atom stereocenters. The van der Waals surface area contributed by atoms with E-state index in [0.717, 1.165) is 0 Å². The van der Waals surface area contributed by atoms with Crippen LogP contribution >= 0.6 is 0 Å². The molecule has 0 aromatic carbocycles. The van der Waals surface area contributed by atoms with Gasteiger partial charge in [-0.1, -0.05) is 0 Å². The number of rotatable bonds is 1. The molecule has 1 aromatic heterocycles. The molecule has 0 spiro atoms. The predicted molar refractivity (Wildman–Crippen MR) is 44.1 cm³/mol. The van der Waals surface area contributed by atoms with E-state index in [4.69, 9.17) is 0 Å². The number of hydrogen-bond acceptors (Lipinski definition) is 4. The van der Waals surface area contributed by atoms with Crippen molar-refractivity contribution in [3.63, 3.8) is 0 Å². The minimum atomic E-state index is -0.514. The molecule has 2 amide bonds. The van der Waals surface area contributed by atoms with Gasteiger partial charge >= 0.3 is 6.03 Å². The highest BCUT2D eigenvalue weighted by molar-refractivity contribution is 5.77. The molecule has 13 heavy (non-hydrogen) atoms. The zero-order valence-electron chi connectivity index (χ0n) is 7.22. The standard InChI is InChI=1S/C7H7N5O/c1-12(2)6-8-3-4-5(10-6)11-7(13)9-4/h3H,1-2H3. The van der Waals surface area contributed by atoms with E-state index < -0.39 is 6.03 Å². The first-order chi connectivity index (χ1) is 6.16. The lowest BCUT2D eigenvalue weighted by atomic mass is 10.6. The van der Waals surface area contributed by atoms with E-state index in [1.54, 1.807) is 4.90 Å². The van der Waals surface area contributed by atoms with Crippen LogP contribution in [0.1, 0.15) is 0 Å². The number of carbonyl (C=O) groups is 1. The Morgan fingerprint density at radius 1 is 1.31 bits per heavy atom. The van der Waals surface area contributed by atoms with Gasteiger partial charge in [0.25, 0.3) is 0 Å². The lowest BCUT2D eigenvalue weighted by Crippen LogP contribution is -2.29. The summed E-state index contributed by atoms with van der Waals surface area (Å²) >= 11 is 0. The van der Waals surface area contributed by atoms with Crippen LogP contribution in [0.4, 0.5) is 10.7 Å². The topological polar surface area (TPSA) is 70.8 Å². The van der Waals surface area contributed by atoms with Gasteiger partial charge in [0, 0.05) is 14.1 Å². The van der Waals surface area contributed by atoms with Gasteiger partial charge in [0.1, 0.15) is 5.36 Å². The SMILES string of the molecule is CN(C)c1ncc2c(n1)=NC(=O)N=2. The van der Waals surface area contributed by atoms with Crippen molar-refractivity contribution in [2.75, 3.05) is 19.0 Å². The van der Waals surface area contributed by atoms with Crippen molar-refractivity contribution in [2.24, 2.45) is 9.98 Å². The Kier molecular flexibility index (Phi) is 1.54. The Bertz CT molecular complexity index is 478. The second kappa shape index (κ2) is 2.58. The fourth-order valence-corrected chi connectivity index (χ4v) is 0.953. The number of aromatic nitrogens is 2. The number of amides is 2. The fraction of sp³-hybridized carbons (Fsp3) is 0.286. The van der Waals surface area contributed by atoms with Crippen LogP contribution in [0.2, 0.25) is 0 Å². The summed E-state index contributed by atoms with van der Waals surface area (Å²) in [6.07, 6.45) is 1.49. The van der Waals surface area contributed by atoms with Gasteiger partial charge in [-0.3, -0.25) is 0 Å². The maximum Gasteiger partial charge on any atom is 0.369 e. The first-order valence-electron chi connectivity index (χ1n) is 3.68. The third-order valence-electron chi connectivity index (χ3n) is 1.55. The first kappa shape index (κ1) is 7.78. The number of urea groups is 1. The highest BCUT2D eigenvalue weighted by Crippen LogP contribution is 1.94. The average molecular weight is 177 g/mol. The van der Waals surface area contributed by atoms with E-state index in [0.29, 0.717) is 16.8 Å². The van der Waals surface area contributed by atoms with E-state index in [9.17, 15) is 4.79 Å². The molecule has 6 heteroatoms. The molecular weight excluding hydrogens is 170 g/mol. The second-order valence-electron chi connectivity index (χ2n) is 2.78. The molecule has 1 aromatic rings. The maximum atomic E-state index is 10.8. The van der Waals surface area contributed by atoms with E-state index in [1.165, 1.54) is 6.20 Å². The van der Waals surface area contributed by atoms with Crippen LogP contribution in [0.5, 0.6) is 0 Å². The molecular formula is C7H7N5O. The fourth-order valence-electron chi connectivity index (χ4n) is 0.953. The van der Waals surface area contributed by atoms with Gasteiger partial charge in [0.2, 0.25) is 5.95 Å². The van der Waals surface area contributed by atoms with Crippen LogP contribution in [-0.2, 0) is 0 Å². The second-order valence-corrected chi connectivity index (χ2v) is 2.78. The zero-order valence-corrected chi connectivity index (χ0v) is 7.22. The minimum absolute atomic E-state index is 0.351. The van der Waals surface area contributed by atoms with E-state index >= 15 is 0 Å². The highest BCUT2D eigenvalue weighted by atomic mass is 16.2. The maximum absolute atomic E-state index is 10.8. The van der Waals surface area contributed by atoms with Crippen LogP contribution in [-0.4, -0.2) is 30.1 Å². The third kappa shape index (κ3) is 1.26. The summed E-state index contributed by atoms with van der Waals surface area (Å²) in [5, 5.41) is 0.440. The molecule has 66 valence electrons. The zero-order chi connectivity index (χ0) is 9.42. The van der Waals surface area contributed by atoms with Gasteiger partial charge in [-0.2, -0.15) is 15.0 Å². The summed E-state index contributed by atoms with van der Waals surface area (Å²) in [5.41, 5.74) is 0.351. The van der Waals surface area contributed by atoms with Gasteiger partial charge in [-0.15, -0.1) is 0 Å². The minimum Gasteiger partial charge on any atom is -0.347 e. The first-order valence-corrected chi connectivity index (χ1v) is 3.68. The smallest absolute Gasteiger partial charge is 0.347 e. The summed E-state index contributed by atoms with van der Waals surface area (Å²) in [7, 11) is 3.63. The third-order valence-corrected chi connectivity index (χ3v) is 1.55. The molecule has 0 radical (unpaired) electrons. The van der Waals surface area contributed by atoms with Crippen LogP contribution in [0.15, 0.2) is 16.2 Å². The lowest BCUT2D eigenvalue weighted by molar-refractivity contribution is 0.256.